The number of carbonyl (C=O) groups is 1. The van der Waals surface area contributed by atoms with Crippen LogP contribution in [0.3, 0.4) is 0 Å². The number of alkyl halides is 1. The number of benzene rings is 3. The zero-order chi connectivity index (χ0) is 39.1. The van der Waals surface area contributed by atoms with Crippen molar-refractivity contribution in [2.45, 2.75) is 70.9 Å². The van der Waals surface area contributed by atoms with Crippen LogP contribution in [0.4, 0.5) is 8.78 Å². The van der Waals surface area contributed by atoms with Gasteiger partial charge >= 0.3 is 231 Å². The van der Waals surface area contributed by atoms with Gasteiger partial charge in [-0.2, -0.15) is 0 Å². The molecule has 6 rings (SSSR count). The monoisotopic (exact) mass is 858 g/mol. The molecule has 3 aromatic heterocycles. The molecule has 288 valence electrons. The molecule has 0 radical (unpaired) electrons. The van der Waals surface area contributed by atoms with Gasteiger partial charge in [0.2, 0.25) is 0 Å². The first kappa shape index (κ1) is 39.6. The Hall–Kier alpha value is -5.04. The fraction of sp³-hybridized carbons (Fsp3) is 0.295. The van der Waals surface area contributed by atoms with Gasteiger partial charge in [-0.3, -0.25) is 4.79 Å². The average Bonchev–Trinajstić information content (AvgIpc) is 3.94. The molecule has 8 nitrogen and oxygen atoms in total. The molecule has 0 N–H and O–H groups in total. The van der Waals surface area contributed by atoms with E-state index in [9.17, 15) is 4.79 Å². The Morgan fingerprint density at radius 2 is 1.87 bits per heavy atom. The van der Waals surface area contributed by atoms with Crippen molar-refractivity contribution in [3.8, 4) is 22.8 Å². The summed E-state index contributed by atoms with van der Waals surface area (Å²) in [5.41, 5.74) is 5.01. The maximum atomic E-state index is 16.2. The summed E-state index contributed by atoms with van der Waals surface area (Å²) in [5, 5.41) is 10.4. The van der Waals surface area contributed by atoms with Crippen LogP contribution < -0.4 is 26.2 Å². The van der Waals surface area contributed by atoms with Gasteiger partial charge in [-0.05, 0) is 37.3 Å². The molecule has 0 fully saturated rings. The number of rotatable bonds is 18. The second-order valence-corrected chi connectivity index (χ2v) is 16.1. The molecule has 3 aromatic carbocycles. The zero-order valence-electron chi connectivity index (χ0n) is 31.8. The summed E-state index contributed by atoms with van der Waals surface area (Å²) in [6.07, 6.45) is 14.5. The normalized spacial score (nSPS) is 12.3. The van der Waals surface area contributed by atoms with Gasteiger partial charge in [0, 0.05) is 6.42 Å². The summed E-state index contributed by atoms with van der Waals surface area (Å²) in [7, 11) is 0. The molecule has 0 amide bonds. The molecule has 0 saturated carbocycles. The first-order chi connectivity index (χ1) is 26.5. The van der Waals surface area contributed by atoms with Crippen LogP contribution in [0, 0.1) is 11.6 Å². The van der Waals surface area contributed by atoms with Crippen molar-refractivity contribution in [3.63, 3.8) is 0 Å². The van der Waals surface area contributed by atoms with Gasteiger partial charge in [0.15, 0.2) is 0 Å². The molecular weight excluding hydrogens is 811 g/mol. The van der Waals surface area contributed by atoms with E-state index in [1.807, 2.05) is 65.9 Å². The van der Waals surface area contributed by atoms with Gasteiger partial charge in [-0.25, -0.2) is 0 Å². The third-order valence-electron chi connectivity index (χ3n) is 9.79. The van der Waals surface area contributed by atoms with Crippen molar-refractivity contribution in [2.75, 3.05) is 11.5 Å². The summed E-state index contributed by atoms with van der Waals surface area (Å²) >= 11 is -0.376. The predicted octanol–water partition coefficient (Wildman–Crippen LogP) is 7.21. The first-order valence-corrected chi connectivity index (χ1v) is 21.5. The molecule has 11 heteroatoms. The van der Waals surface area contributed by atoms with Crippen molar-refractivity contribution >= 4 is 16.9 Å². The first-order valence-electron chi connectivity index (χ1n) is 18.4. The van der Waals surface area contributed by atoms with Crippen molar-refractivity contribution < 1.29 is 44.5 Å². The number of nitrogens with zero attached hydrogens (tertiary/aromatic N) is 5. The number of esters is 1. The van der Waals surface area contributed by atoms with E-state index in [2.05, 4.69) is 45.9 Å². The van der Waals surface area contributed by atoms with Gasteiger partial charge in [0.05, 0.1) is 12.6 Å². The third-order valence-corrected chi connectivity index (χ3v) is 11.7. The van der Waals surface area contributed by atoms with E-state index in [1.54, 1.807) is 23.7 Å². The number of aryl methyl sites for hydroxylation is 1. The molecule has 0 aliphatic carbocycles. The number of hydrogen-bond donors (Lipinski definition) is 0. The molecule has 55 heavy (non-hydrogen) atoms. The summed E-state index contributed by atoms with van der Waals surface area (Å²) < 4.78 is 49.0. The Morgan fingerprint density at radius 1 is 1.04 bits per heavy atom. The van der Waals surface area contributed by atoms with Crippen molar-refractivity contribution in [1.29, 1.82) is 0 Å². The quantitative estimate of drug-likeness (QED) is 0.0396. The minimum atomic E-state index is -0.510. The van der Waals surface area contributed by atoms with Crippen molar-refractivity contribution in [3.05, 3.63) is 145 Å². The Balaban J connectivity index is 1.31. The van der Waals surface area contributed by atoms with Crippen LogP contribution in [0.5, 0.6) is 11.5 Å². The van der Waals surface area contributed by atoms with Gasteiger partial charge in [0.1, 0.15) is 0 Å². The van der Waals surface area contributed by atoms with E-state index in [-0.39, 0.29) is 62.5 Å². The molecule has 6 aromatic rings. The van der Waals surface area contributed by atoms with Crippen LogP contribution >= 0.6 is 0 Å². The molecule has 0 bridgehead atoms. The second-order valence-electron chi connectivity index (χ2n) is 14.1. The van der Waals surface area contributed by atoms with E-state index in [0.29, 0.717) is 37.1 Å². The predicted molar refractivity (Wildman–Crippen MR) is 209 cm³/mol. The molecule has 0 aliphatic rings. The van der Waals surface area contributed by atoms with Gasteiger partial charge < -0.3 is 4.74 Å². The number of carbonyl (C=O) groups excluding carboxylic acids is 1. The average molecular weight is 859 g/mol. The topological polar surface area (TPSA) is 76.1 Å². The Bertz CT molecular complexity index is 2310. The number of hydrogen-bond acceptors (Lipinski definition) is 5. The molecule has 1 unspecified atom stereocenters. The standard InChI is InChI=1S/C44H47F2IN5O3/c1-7-10-14-40(31-13-11-12-30(24-31)15-18-42(53)54-9-3)52-23-20-39(49-52)35-25-33(16-17-37(35)45)55-43-36(34-19-22-51(47-6)41(34)26-38(43)46)29-50-28-32(27-48-50)44(4,5)21-8-2/h7-8,11-13,16-17,19-20,22-28,40H,1-2,9-10,14-15,18,21,29H2,3-6H3/q-1. The fourth-order valence-electron chi connectivity index (χ4n) is 6.82. The van der Waals surface area contributed by atoms with Crippen LogP contribution in [0.15, 0.2) is 111 Å². The van der Waals surface area contributed by atoms with E-state index >= 15 is 8.78 Å². The number of ether oxygens (including phenoxy) is 2. The van der Waals surface area contributed by atoms with Gasteiger partial charge in [0.25, 0.3) is 0 Å². The number of aromatic nitrogens is 5. The molecule has 1 atom stereocenters. The summed E-state index contributed by atoms with van der Waals surface area (Å²) in [4.78, 5) is 14.1. The zero-order valence-corrected chi connectivity index (χ0v) is 33.9. The van der Waals surface area contributed by atoms with Crippen LogP contribution in [0.2, 0.25) is 0 Å². The molecule has 0 aliphatic heterocycles. The number of halogens is 3. The van der Waals surface area contributed by atoms with Crippen molar-refractivity contribution in [2.24, 2.45) is 0 Å². The summed E-state index contributed by atoms with van der Waals surface area (Å²) in [6, 6.07) is 17.6. The van der Waals surface area contributed by atoms with Crippen molar-refractivity contribution in [1.82, 2.24) is 22.3 Å². The third kappa shape index (κ3) is 9.09. The van der Waals surface area contributed by atoms with Gasteiger partial charge in [-0.1, -0.05) is 30.3 Å². The van der Waals surface area contributed by atoms with Gasteiger partial charge in [-0.15, -0.1) is 6.58 Å². The van der Waals surface area contributed by atoms with E-state index in [0.717, 1.165) is 40.4 Å². The second kappa shape index (κ2) is 17.6. The van der Waals surface area contributed by atoms with E-state index in [1.165, 1.54) is 18.2 Å². The van der Waals surface area contributed by atoms with E-state index < -0.39 is 11.6 Å². The number of allylic oxidation sites excluding steroid dienone is 2. The molecule has 0 spiro atoms. The summed E-state index contributed by atoms with van der Waals surface area (Å²) in [5.74, 6) is -0.875. The maximum absolute atomic E-state index is 16.2. The Labute approximate surface area is 332 Å². The summed E-state index contributed by atoms with van der Waals surface area (Å²) in [6.45, 7) is 14.5. The van der Waals surface area contributed by atoms with Crippen LogP contribution in [0.25, 0.3) is 22.2 Å². The molecular formula is C44H47F2IN5O3-. The van der Waals surface area contributed by atoms with Crippen LogP contribution in [0.1, 0.15) is 74.8 Å². The van der Waals surface area contributed by atoms with Crippen LogP contribution in [-0.2, 0) is 27.9 Å². The Kier molecular flexibility index (Phi) is 12.7. The molecule has 0 saturated heterocycles. The fourth-order valence-corrected chi connectivity index (χ4v) is 8.22. The van der Waals surface area contributed by atoms with E-state index in [4.69, 9.17) is 14.6 Å². The SMILES string of the molecule is C=CCCC(c1cccc(CCC(=O)OCC)c1)n1ccc(-c2cc(Oc3c(F)cc4c(ccn4[I-]C)c3Cn3cc(C(C)(C)CC=C)cn3)ccc2F)n1. The molecule has 3 heterocycles. The Morgan fingerprint density at radius 3 is 2.64 bits per heavy atom. The van der Waals surface area contributed by atoms with Crippen LogP contribution in [-0.4, -0.2) is 39.8 Å². The number of fused-ring (bicyclic) bond motifs is 1. The minimum absolute atomic E-state index is 0.0670.